The molecule has 2 aromatic heterocycles. The second kappa shape index (κ2) is 9.72. The van der Waals surface area contributed by atoms with Gasteiger partial charge in [-0.15, -0.1) is 4.91 Å². The molecule has 0 spiro atoms. The van der Waals surface area contributed by atoms with Gasteiger partial charge in [-0.2, -0.15) is 5.26 Å². The summed E-state index contributed by atoms with van der Waals surface area (Å²) in [6.45, 7) is 10.3. The predicted octanol–water partition coefficient (Wildman–Crippen LogP) is 5.24. The molecule has 4 nitrogen and oxygen atoms in total. The van der Waals surface area contributed by atoms with Crippen molar-refractivity contribution in [1.82, 2.24) is 9.97 Å². The first kappa shape index (κ1) is 22.7. The summed E-state index contributed by atoms with van der Waals surface area (Å²) in [6, 6.07) is 18.5. The molecule has 0 saturated heterocycles. The van der Waals surface area contributed by atoms with Gasteiger partial charge in [0.05, 0.1) is 23.7 Å². The van der Waals surface area contributed by atoms with Crippen molar-refractivity contribution < 1.29 is 21.1 Å². The van der Waals surface area contributed by atoms with Gasteiger partial charge < -0.3 is 25.3 Å². The predicted molar refractivity (Wildman–Crippen MR) is 118 cm³/mol. The molecule has 0 bridgehead atoms. The van der Waals surface area contributed by atoms with Crippen molar-refractivity contribution >= 4 is 57.8 Å². The molecular formula is C22H14N4PtS2. The Hall–Kier alpha value is -2.63. The number of rotatable bonds is 0. The number of allylic oxidation sites excluding steroid dienone is 1. The quantitative estimate of drug-likeness (QED) is 0.121. The minimum Gasteiger partial charge on any atom is -0.812 e. The molecule has 0 aliphatic rings. The molecule has 0 saturated carbocycles. The Labute approximate surface area is 194 Å². The number of aryl methyl sites for hydroxylation is 2. The summed E-state index contributed by atoms with van der Waals surface area (Å²) >= 11 is 8.72. The summed E-state index contributed by atoms with van der Waals surface area (Å²) in [5.41, 5.74) is 4.17. The monoisotopic (exact) mass is 593 g/mol. The van der Waals surface area contributed by atoms with E-state index < -0.39 is 0 Å². The van der Waals surface area contributed by atoms with E-state index >= 15 is 0 Å². The molecule has 0 amide bonds. The van der Waals surface area contributed by atoms with Crippen molar-refractivity contribution in [2.75, 3.05) is 0 Å². The zero-order valence-electron chi connectivity index (χ0n) is 15.5. The summed E-state index contributed by atoms with van der Waals surface area (Å²) in [6.07, 6.45) is 0. The fraction of sp³-hybridized carbons (Fsp3) is 0.0909. The number of nitrogens with zero attached hydrogens (tertiary/aromatic N) is 4. The molecule has 7 heteroatoms. The van der Waals surface area contributed by atoms with Crippen LogP contribution >= 0.6 is 0 Å². The molecule has 4 rings (SSSR count). The first-order valence-corrected chi connectivity index (χ1v) is 9.18. The van der Waals surface area contributed by atoms with E-state index in [1.54, 1.807) is 6.07 Å². The van der Waals surface area contributed by atoms with E-state index in [1.807, 2.05) is 13.8 Å². The smallest absolute Gasteiger partial charge is 0.812 e. The van der Waals surface area contributed by atoms with Gasteiger partial charge in [-0.1, -0.05) is 36.4 Å². The van der Waals surface area contributed by atoms with E-state index in [-0.39, 0.29) is 31.0 Å². The Kier molecular flexibility index (Phi) is 7.59. The molecule has 0 atom stereocenters. The first-order chi connectivity index (χ1) is 13.4. The van der Waals surface area contributed by atoms with E-state index in [4.69, 9.17) is 21.8 Å². The molecule has 0 fully saturated rings. The Morgan fingerprint density at radius 2 is 1.28 bits per heavy atom. The van der Waals surface area contributed by atoms with Gasteiger partial charge in [0.1, 0.15) is 0 Å². The Morgan fingerprint density at radius 1 is 0.862 bits per heavy atom. The minimum atomic E-state index is -0.123. The fourth-order valence-corrected chi connectivity index (χ4v) is 2.96. The van der Waals surface area contributed by atoms with Gasteiger partial charge in [0.25, 0.3) is 0 Å². The third-order valence-corrected chi connectivity index (χ3v) is 4.89. The number of fused-ring (bicyclic) bond motifs is 5. The largest absolute Gasteiger partial charge is 2.00 e. The zero-order chi connectivity index (χ0) is 20.3. The van der Waals surface area contributed by atoms with Crippen LogP contribution in [0.2, 0.25) is 0 Å². The van der Waals surface area contributed by atoms with Crippen LogP contribution in [0.25, 0.3) is 37.4 Å². The van der Waals surface area contributed by atoms with Gasteiger partial charge in [-0.05, 0) is 31.4 Å². The SMILES string of the molecule is Cc1ccc2ccc3ccc4ccc(C)nc4c3c2n1.[C-]#[N+]C([S-])=C([S-])C#N.[Pt+2]. The minimum absolute atomic E-state index is 0. The van der Waals surface area contributed by atoms with Crippen LogP contribution in [0.15, 0.2) is 58.5 Å². The number of benzene rings is 2. The molecule has 0 aliphatic heterocycles. The molecule has 29 heavy (non-hydrogen) atoms. The van der Waals surface area contributed by atoms with Crippen LogP contribution in [0.4, 0.5) is 0 Å². The fourth-order valence-electron chi connectivity index (χ4n) is 2.87. The van der Waals surface area contributed by atoms with Gasteiger partial charge in [0, 0.05) is 32.6 Å². The summed E-state index contributed by atoms with van der Waals surface area (Å²) in [7, 11) is 0. The Balaban J connectivity index is 0.000000289. The molecular weight excluding hydrogens is 579 g/mol. The van der Waals surface area contributed by atoms with Crippen molar-refractivity contribution in [1.29, 1.82) is 5.26 Å². The third kappa shape index (κ3) is 4.86. The van der Waals surface area contributed by atoms with E-state index in [0.29, 0.717) is 0 Å². The van der Waals surface area contributed by atoms with E-state index in [0.717, 1.165) is 27.8 Å². The van der Waals surface area contributed by atoms with Gasteiger partial charge in [-0.25, -0.2) is 0 Å². The Bertz CT molecular complexity index is 1240. The summed E-state index contributed by atoms with van der Waals surface area (Å²) in [5.74, 6) is 0. The molecule has 2 aromatic carbocycles. The second-order valence-electron chi connectivity index (χ2n) is 6.14. The van der Waals surface area contributed by atoms with Crippen LogP contribution < -0.4 is 0 Å². The number of pyridine rings is 2. The molecule has 0 unspecified atom stereocenters. The molecule has 0 radical (unpaired) electrons. The zero-order valence-corrected chi connectivity index (χ0v) is 19.4. The van der Waals surface area contributed by atoms with Crippen LogP contribution in [0, 0.1) is 31.8 Å². The van der Waals surface area contributed by atoms with Crippen LogP contribution in [-0.4, -0.2) is 9.97 Å². The summed E-state index contributed by atoms with van der Waals surface area (Å²) in [5, 5.41) is 12.6. The van der Waals surface area contributed by atoms with Crippen LogP contribution in [0.5, 0.6) is 0 Å². The molecule has 2 heterocycles. The number of nitriles is 1. The number of hydrogen-bond acceptors (Lipinski definition) is 5. The third-order valence-electron chi connectivity index (χ3n) is 4.18. The van der Waals surface area contributed by atoms with Crippen molar-refractivity contribution in [3.05, 3.63) is 81.3 Å². The molecule has 0 aliphatic carbocycles. The molecule has 4 aromatic rings. The standard InChI is InChI=1S/C18H14N2.C4H2N2S2.Pt/c1-11-3-5-14-9-7-13-8-10-15-6-4-12(2)20-18(15)16(13)17(14)19-11;1-6-4(8)3(7)2-5;/h3-10H,1-2H3;7-8H;/q;;+2/p-2. The number of hydrogen-bond donors (Lipinski definition) is 0. The Morgan fingerprint density at radius 3 is 1.66 bits per heavy atom. The van der Waals surface area contributed by atoms with E-state index in [9.17, 15) is 0 Å². The summed E-state index contributed by atoms with van der Waals surface area (Å²) < 4.78 is 0. The number of aromatic nitrogens is 2. The van der Waals surface area contributed by atoms with Gasteiger partial charge in [-0.3, -0.25) is 14.8 Å². The van der Waals surface area contributed by atoms with E-state index in [1.165, 1.54) is 16.2 Å². The van der Waals surface area contributed by atoms with Crippen LogP contribution in [0.1, 0.15) is 11.4 Å². The maximum atomic E-state index is 8.01. The maximum absolute atomic E-state index is 8.01. The van der Waals surface area contributed by atoms with Gasteiger partial charge in [0.2, 0.25) is 0 Å². The van der Waals surface area contributed by atoms with Crippen molar-refractivity contribution in [3.63, 3.8) is 0 Å². The topological polar surface area (TPSA) is 53.9 Å². The molecule has 0 N–H and O–H groups in total. The first-order valence-electron chi connectivity index (χ1n) is 8.37. The van der Waals surface area contributed by atoms with Crippen LogP contribution in [0.3, 0.4) is 0 Å². The average Bonchev–Trinajstić information content (AvgIpc) is 2.72. The van der Waals surface area contributed by atoms with Crippen molar-refractivity contribution in [2.24, 2.45) is 0 Å². The summed E-state index contributed by atoms with van der Waals surface area (Å²) in [4.78, 5) is 12.2. The average molecular weight is 594 g/mol. The normalized spacial score (nSPS) is 10.9. The van der Waals surface area contributed by atoms with Gasteiger partial charge in [0.15, 0.2) is 0 Å². The maximum Gasteiger partial charge on any atom is 2.00 e. The molecule has 144 valence electrons. The van der Waals surface area contributed by atoms with E-state index in [2.05, 4.69) is 78.6 Å². The van der Waals surface area contributed by atoms with Crippen LogP contribution in [-0.2, 0) is 46.3 Å². The van der Waals surface area contributed by atoms with Gasteiger partial charge >= 0.3 is 21.1 Å². The van der Waals surface area contributed by atoms with Crippen molar-refractivity contribution in [3.8, 4) is 6.07 Å². The van der Waals surface area contributed by atoms with Crippen molar-refractivity contribution in [2.45, 2.75) is 13.8 Å². The second-order valence-corrected chi connectivity index (χ2v) is 6.93.